The summed E-state index contributed by atoms with van der Waals surface area (Å²) in [7, 11) is 1.99. The van der Waals surface area contributed by atoms with Crippen molar-refractivity contribution in [1.82, 2.24) is 5.32 Å². The van der Waals surface area contributed by atoms with Crippen molar-refractivity contribution in [2.45, 2.75) is 38.6 Å². The fourth-order valence-corrected chi connectivity index (χ4v) is 1.93. The van der Waals surface area contributed by atoms with Crippen LogP contribution in [0.4, 0.5) is 0 Å². The van der Waals surface area contributed by atoms with Gasteiger partial charge in [-0.1, -0.05) is 19.1 Å². The van der Waals surface area contributed by atoms with Crippen molar-refractivity contribution in [2.24, 2.45) is 0 Å². The summed E-state index contributed by atoms with van der Waals surface area (Å²) < 4.78 is 5.66. The van der Waals surface area contributed by atoms with Gasteiger partial charge in [0.1, 0.15) is 5.75 Å². The molecule has 1 unspecified atom stereocenters. The lowest BCUT2D eigenvalue weighted by molar-refractivity contribution is 0.316. The predicted molar refractivity (Wildman–Crippen MR) is 76.7 cm³/mol. The van der Waals surface area contributed by atoms with E-state index in [1.807, 2.05) is 19.2 Å². The highest BCUT2D eigenvalue weighted by Crippen LogP contribution is 2.23. The van der Waals surface area contributed by atoms with Crippen LogP contribution in [0.1, 0.15) is 44.2 Å². The number of unbranched alkanes of at least 4 members (excludes halogenated alkanes) is 1. The van der Waals surface area contributed by atoms with E-state index in [2.05, 4.69) is 30.3 Å². The molecule has 0 spiro atoms. The Kier molecular flexibility index (Phi) is 6.98. The van der Waals surface area contributed by atoms with Crippen molar-refractivity contribution in [3.63, 3.8) is 0 Å². The zero-order valence-corrected chi connectivity index (χ0v) is 11.4. The van der Waals surface area contributed by atoms with Crippen molar-refractivity contribution in [1.29, 1.82) is 0 Å². The zero-order valence-electron chi connectivity index (χ0n) is 11.4. The maximum absolute atomic E-state index is 5.66. The molecule has 0 amide bonds. The minimum atomic E-state index is 0.350. The second-order valence-corrected chi connectivity index (χ2v) is 4.36. The highest BCUT2D eigenvalue weighted by Gasteiger charge is 2.09. The van der Waals surface area contributed by atoms with Gasteiger partial charge in [-0.05, 0) is 44.0 Å². The van der Waals surface area contributed by atoms with Gasteiger partial charge in [0.05, 0.1) is 6.61 Å². The van der Waals surface area contributed by atoms with Crippen molar-refractivity contribution in [3.05, 3.63) is 29.8 Å². The first kappa shape index (κ1) is 14.6. The molecule has 2 nitrogen and oxygen atoms in total. The molecule has 1 rings (SSSR count). The van der Waals surface area contributed by atoms with Crippen molar-refractivity contribution in [2.75, 3.05) is 13.7 Å². The third-order valence-corrected chi connectivity index (χ3v) is 2.90. The van der Waals surface area contributed by atoms with Crippen LogP contribution in [0, 0.1) is 12.3 Å². The average molecular weight is 245 g/mol. The van der Waals surface area contributed by atoms with Crippen LogP contribution < -0.4 is 10.1 Å². The number of benzene rings is 1. The first-order chi connectivity index (χ1) is 8.81. The monoisotopic (exact) mass is 245 g/mol. The van der Waals surface area contributed by atoms with E-state index < -0.39 is 0 Å². The molecule has 98 valence electrons. The molecule has 0 aliphatic carbocycles. The van der Waals surface area contributed by atoms with Crippen molar-refractivity contribution in [3.8, 4) is 18.1 Å². The van der Waals surface area contributed by atoms with E-state index in [1.54, 1.807) is 0 Å². The molecule has 2 heteroatoms. The maximum atomic E-state index is 5.66. The zero-order chi connectivity index (χ0) is 13.2. The van der Waals surface area contributed by atoms with Crippen LogP contribution >= 0.6 is 0 Å². The Morgan fingerprint density at radius 3 is 2.94 bits per heavy atom. The average Bonchev–Trinajstić information content (AvgIpc) is 2.42. The van der Waals surface area contributed by atoms with E-state index in [1.165, 1.54) is 5.56 Å². The van der Waals surface area contributed by atoms with Crippen LogP contribution in [-0.2, 0) is 0 Å². The summed E-state index contributed by atoms with van der Waals surface area (Å²) >= 11 is 0. The van der Waals surface area contributed by atoms with E-state index >= 15 is 0 Å². The predicted octanol–water partition coefficient (Wildman–Crippen LogP) is 3.54. The lowest BCUT2D eigenvalue weighted by Gasteiger charge is -2.17. The summed E-state index contributed by atoms with van der Waals surface area (Å²) in [6.07, 6.45) is 9.25. The number of terminal acetylenes is 1. The van der Waals surface area contributed by atoms with Gasteiger partial charge in [-0.25, -0.2) is 0 Å². The summed E-state index contributed by atoms with van der Waals surface area (Å²) in [6.45, 7) is 2.88. The summed E-state index contributed by atoms with van der Waals surface area (Å²) in [6, 6.07) is 8.66. The highest BCUT2D eigenvalue weighted by atomic mass is 16.5. The first-order valence-electron chi connectivity index (χ1n) is 6.65. The topological polar surface area (TPSA) is 21.3 Å². The number of hydrogen-bond acceptors (Lipinski definition) is 2. The smallest absolute Gasteiger partial charge is 0.119 e. The van der Waals surface area contributed by atoms with Gasteiger partial charge in [0.2, 0.25) is 0 Å². The molecule has 1 N–H and O–H groups in total. The molecule has 1 atom stereocenters. The standard InChI is InChI=1S/C16H23NO/c1-4-6-7-11-16(17-3)14-9-8-10-15(13-14)18-12-5-2/h1,8-10,13,16-17H,5-7,11-12H2,2-3H3. The van der Waals surface area contributed by atoms with Crippen molar-refractivity contribution >= 4 is 0 Å². The first-order valence-corrected chi connectivity index (χ1v) is 6.65. The number of hydrogen-bond donors (Lipinski definition) is 1. The van der Waals surface area contributed by atoms with Crippen LogP contribution in [-0.4, -0.2) is 13.7 Å². The molecular weight excluding hydrogens is 222 g/mol. The third kappa shape index (κ3) is 4.81. The van der Waals surface area contributed by atoms with Gasteiger partial charge in [0, 0.05) is 12.5 Å². The molecule has 0 bridgehead atoms. The fraction of sp³-hybridized carbons (Fsp3) is 0.500. The second kappa shape index (κ2) is 8.60. The molecule has 1 aromatic carbocycles. The fourth-order valence-electron chi connectivity index (χ4n) is 1.93. The maximum Gasteiger partial charge on any atom is 0.119 e. The van der Waals surface area contributed by atoms with Gasteiger partial charge >= 0.3 is 0 Å². The van der Waals surface area contributed by atoms with E-state index in [-0.39, 0.29) is 0 Å². The van der Waals surface area contributed by atoms with Gasteiger partial charge in [-0.15, -0.1) is 12.3 Å². The van der Waals surface area contributed by atoms with E-state index in [9.17, 15) is 0 Å². The van der Waals surface area contributed by atoms with Crippen LogP contribution in [0.2, 0.25) is 0 Å². The summed E-state index contributed by atoms with van der Waals surface area (Å²) in [5.74, 6) is 3.64. The van der Waals surface area contributed by atoms with Crippen LogP contribution in [0.25, 0.3) is 0 Å². The normalized spacial score (nSPS) is 11.8. The lowest BCUT2D eigenvalue weighted by Crippen LogP contribution is -2.16. The minimum absolute atomic E-state index is 0.350. The quantitative estimate of drug-likeness (QED) is 0.559. The highest BCUT2D eigenvalue weighted by molar-refractivity contribution is 5.30. The van der Waals surface area contributed by atoms with Gasteiger partial charge in [0.15, 0.2) is 0 Å². The third-order valence-electron chi connectivity index (χ3n) is 2.90. The molecule has 0 heterocycles. The van der Waals surface area contributed by atoms with Gasteiger partial charge in [0.25, 0.3) is 0 Å². The minimum Gasteiger partial charge on any atom is -0.494 e. The van der Waals surface area contributed by atoms with Crippen LogP contribution in [0.3, 0.4) is 0 Å². The molecule has 0 aliphatic rings. The lowest BCUT2D eigenvalue weighted by atomic mass is 10.0. The summed E-state index contributed by atoms with van der Waals surface area (Å²) in [4.78, 5) is 0. The van der Waals surface area contributed by atoms with Crippen LogP contribution in [0.15, 0.2) is 24.3 Å². The SMILES string of the molecule is C#CCCCC(NC)c1cccc(OCCC)c1. The largest absolute Gasteiger partial charge is 0.494 e. The van der Waals surface area contributed by atoms with Gasteiger partial charge < -0.3 is 10.1 Å². The molecule has 1 aromatic rings. The van der Waals surface area contributed by atoms with Gasteiger partial charge in [-0.3, -0.25) is 0 Å². The number of nitrogens with one attached hydrogen (secondary N) is 1. The Labute approximate surface area is 111 Å². The summed E-state index contributed by atoms with van der Waals surface area (Å²) in [5.41, 5.74) is 1.27. The van der Waals surface area contributed by atoms with E-state index in [4.69, 9.17) is 11.2 Å². The Balaban J connectivity index is 2.64. The molecule has 0 saturated heterocycles. The molecular formula is C16H23NO. The van der Waals surface area contributed by atoms with Crippen LogP contribution in [0.5, 0.6) is 5.75 Å². The second-order valence-electron chi connectivity index (χ2n) is 4.36. The molecule has 0 radical (unpaired) electrons. The Hall–Kier alpha value is -1.46. The molecule has 0 aliphatic heterocycles. The summed E-state index contributed by atoms with van der Waals surface area (Å²) in [5, 5.41) is 3.34. The Bertz CT molecular complexity index is 381. The molecule has 0 aromatic heterocycles. The van der Waals surface area contributed by atoms with Gasteiger partial charge in [-0.2, -0.15) is 0 Å². The molecule has 0 saturated carbocycles. The molecule has 0 fully saturated rings. The van der Waals surface area contributed by atoms with Crippen molar-refractivity contribution < 1.29 is 4.74 Å². The van der Waals surface area contributed by atoms with E-state index in [0.717, 1.165) is 38.0 Å². The Morgan fingerprint density at radius 1 is 1.44 bits per heavy atom. The Morgan fingerprint density at radius 2 is 2.28 bits per heavy atom. The molecule has 18 heavy (non-hydrogen) atoms. The number of ether oxygens (including phenoxy) is 1. The number of rotatable bonds is 8. The van der Waals surface area contributed by atoms with E-state index in [0.29, 0.717) is 6.04 Å².